The highest BCUT2D eigenvalue weighted by molar-refractivity contribution is 8.00. The zero-order chi connectivity index (χ0) is 27.9. The van der Waals surface area contributed by atoms with Gasteiger partial charge in [0, 0.05) is 11.4 Å². The lowest BCUT2D eigenvalue weighted by atomic mass is 10.0. The van der Waals surface area contributed by atoms with E-state index in [0.29, 0.717) is 11.7 Å². The van der Waals surface area contributed by atoms with Crippen molar-refractivity contribution in [3.8, 4) is 11.4 Å². The van der Waals surface area contributed by atoms with Crippen molar-refractivity contribution >= 4 is 39.8 Å². The van der Waals surface area contributed by atoms with Crippen molar-refractivity contribution in [3.63, 3.8) is 0 Å². The number of aromatic nitrogens is 3. The number of hydrogen-bond donors (Lipinski definition) is 2. The molecule has 1 aromatic heterocycles. The number of amides is 1. The second kappa shape index (κ2) is 12.5. The number of rotatable bonds is 10. The van der Waals surface area contributed by atoms with Crippen molar-refractivity contribution in [1.29, 1.82) is 0 Å². The van der Waals surface area contributed by atoms with Gasteiger partial charge in [-0.2, -0.15) is 5.10 Å². The predicted octanol–water partition coefficient (Wildman–Crippen LogP) is 6.06. The molecule has 0 aliphatic heterocycles. The number of hydrogen-bond acceptors (Lipinski definition) is 7. The zero-order valence-electron chi connectivity index (χ0n) is 22.5. The molecule has 202 valence electrons. The van der Waals surface area contributed by atoms with Gasteiger partial charge in [-0.15, -0.1) is 10.2 Å². The average Bonchev–Trinajstić information content (AvgIpc) is 3.41. The number of methoxy groups -OCH3 is 1. The number of thioether (sulfide) groups is 1. The van der Waals surface area contributed by atoms with Crippen molar-refractivity contribution in [2.75, 3.05) is 12.4 Å². The predicted molar refractivity (Wildman–Crippen MR) is 161 cm³/mol. The van der Waals surface area contributed by atoms with Gasteiger partial charge in [-0.3, -0.25) is 9.36 Å². The summed E-state index contributed by atoms with van der Waals surface area (Å²) in [6.07, 6.45) is 0. The number of nitrogens with zero attached hydrogens (tertiary/aromatic N) is 4. The second-order valence-electron chi connectivity index (χ2n) is 9.15. The molecular weight excluding hydrogens is 520 g/mol. The summed E-state index contributed by atoms with van der Waals surface area (Å²) in [5.74, 6) is 1.30. The number of ether oxygens (including phenoxy) is 1. The molecule has 5 rings (SSSR count). The summed E-state index contributed by atoms with van der Waals surface area (Å²) in [6.45, 7) is 4.17. The molecule has 1 amide bonds. The van der Waals surface area contributed by atoms with Gasteiger partial charge in [-0.25, -0.2) is 5.43 Å². The first-order chi connectivity index (χ1) is 19.5. The molecule has 2 N–H and O–H groups in total. The third-order valence-electron chi connectivity index (χ3n) is 6.41. The molecule has 0 radical (unpaired) electrons. The van der Waals surface area contributed by atoms with Gasteiger partial charge in [0.1, 0.15) is 5.75 Å². The summed E-state index contributed by atoms with van der Waals surface area (Å²) < 4.78 is 7.21. The molecule has 1 unspecified atom stereocenters. The summed E-state index contributed by atoms with van der Waals surface area (Å²) in [6, 6.07) is 31.9. The highest BCUT2D eigenvalue weighted by Crippen LogP contribution is 2.26. The van der Waals surface area contributed by atoms with E-state index >= 15 is 0 Å². The molecule has 0 saturated carbocycles. The summed E-state index contributed by atoms with van der Waals surface area (Å²) >= 11 is 1.33. The topological polar surface area (TPSA) is 93.4 Å². The van der Waals surface area contributed by atoms with Gasteiger partial charge in [-0.05, 0) is 72.6 Å². The Morgan fingerprint density at radius 1 is 0.950 bits per heavy atom. The van der Waals surface area contributed by atoms with Crippen LogP contribution < -0.4 is 15.5 Å². The van der Waals surface area contributed by atoms with E-state index in [1.165, 1.54) is 11.8 Å². The smallest absolute Gasteiger partial charge is 0.253 e. The maximum absolute atomic E-state index is 13.0. The lowest BCUT2D eigenvalue weighted by Crippen LogP contribution is -2.28. The Balaban J connectivity index is 1.29. The first-order valence-electron chi connectivity index (χ1n) is 12.9. The Bertz CT molecular complexity index is 1630. The lowest BCUT2D eigenvalue weighted by molar-refractivity contribution is -0.120. The molecule has 1 heterocycles. The SMILES string of the molecule is COc1ccc(NCc2nnc(SC(C)C(=O)NN=C(C)c3ccc4ccccc4c3)n2-c2ccccc2)cc1. The molecule has 0 fully saturated rings. The third kappa shape index (κ3) is 6.32. The molecular formula is C31H30N6O2S. The van der Waals surface area contributed by atoms with Gasteiger partial charge >= 0.3 is 0 Å². The van der Waals surface area contributed by atoms with Gasteiger partial charge < -0.3 is 10.1 Å². The summed E-state index contributed by atoms with van der Waals surface area (Å²) in [7, 11) is 1.64. The maximum Gasteiger partial charge on any atom is 0.253 e. The van der Waals surface area contributed by atoms with Crippen molar-refractivity contribution in [1.82, 2.24) is 20.2 Å². The Morgan fingerprint density at radius 3 is 2.42 bits per heavy atom. The van der Waals surface area contributed by atoms with Crippen molar-refractivity contribution in [2.45, 2.75) is 30.8 Å². The fourth-order valence-electron chi connectivity index (χ4n) is 4.14. The van der Waals surface area contributed by atoms with E-state index in [-0.39, 0.29) is 5.91 Å². The van der Waals surface area contributed by atoms with Crippen LogP contribution in [0.15, 0.2) is 107 Å². The van der Waals surface area contributed by atoms with E-state index in [2.05, 4.69) is 50.3 Å². The van der Waals surface area contributed by atoms with Crippen molar-refractivity contribution in [2.24, 2.45) is 5.10 Å². The van der Waals surface area contributed by atoms with Gasteiger partial charge in [0.2, 0.25) is 0 Å². The van der Waals surface area contributed by atoms with E-state index in [4.69, 9.17) is 4.74 Å². The highest BCUT2D eigenvalue weighted by atomic mass is 32.2. The lowest BCUT2D eigenvalue weighted by Gasteiger charge is -2.14. The number of benzene rings is 4. The van der Waals surface area contributed by atoms with Crippen molar-refractivity contribution in [3.05, 3.63) is 108 Å². The second-order valence-corrected chi connectivity index (χ2v) is 10.5. The minimum absolute atomic E-state index is 0.217. The third-order valence-corrected chi connectivity index (χ3v) is 7.45. The number of anilines is 1. The van der Waals surface area contributed by atoms with Crippen LogP contribution in [0.4, 0.5) is 5.69 Å². The van der Waals surface area contributed by atoms with Crippen LogP contribution in [0.5, 0.6) is 5.75 Å². The minimum Gasteiger partial charge on any atom is -0.497 e. The molecule has 0 aliphatic carbocycles. The maximum atomic E-state index is 13.0. The fraction of sp³-hybridized carbons (Fsp3) is 0.161. The molecule has 9 heteroatoms. The number of nitrogens with one attached hydrogen (secondary N) is 2. The zero-order valence-corrected chi connectivity index (χ0v) is 23.4. The fourth-order valence-corrected chi connectivity index (χ4v) is 5.02. The van der Waals surface area contributed by atoms with E-state index in [0.717, 1.165) is 45.0 Å². The Morgan fingerprint density at radius 2 is 1.68 bits per heavy atom. The monoisotopic (exact) mass is 550 g/mol. The number of hydrazone groups is 1. The normalized spacial score (nSPS) is 12.2. The molecule has 5 aromatic rings. The van der Waals surface area contributed by atoms with E-state index in [1.54, 1.807) is 7.11 Å². The number of para-hydroxylation sites is 1. The van der Waals surface area contributed by atoms with E-state index < -0.39 is 5.25 Å². The largest absolute Gasteiger partial charge is 0.497 e. The van der Waals surface area contributed by atoms with Crippen LogP contribution in [0.3, 0.4) is 0 Å². The van der Waals surface area contributed by atoms with Crippen LogP contribution >= 0.6 is 11.8 Å². The van der Waals surface area contributed by atoms with Crippen LogP contribution in [0.2, 0.25) is 0 Å². The number of fused-ring (bicyclic) bond motifs is 1. The van der Waals surface area contributed by atoms with Gasteiger partial charge in [0.15, 0.2) is 11.0 Å². The van der Waals surface area contributed by atoms with Crippen molar-refractivity contribution < 1.29 is 9.53 Å². The Hall–Kier alpha value is -4.63. The molecule has 0 bridgehead atoms. The quantitative estimate of drug-likeness (QED) is 0.125. The van der Waals surface area contributed by atoms with Crippen LogP contribution in [0.1, 0.15) is 25.2 Å². The molecule has 0 aliphatic rings. The first kappa shape index (κ1) is 27.0. The first-order valence-corrected chi connectivity index (χ1v) is 13.8. The Labute approximate surface area is 237 Å². The van der Waals surface area contributed by atoms with E-state index in [9.17, 15) is 4.79 Å². The molecule has 1 atom stereocenters. The summed E-state index contributed by atoms with van der Waals surface area (Å²) in [4.78, 5) is 13.0. The molecule has 8 nitrogen and oxygen atoms in total. The van der Waals surface area contributed by atoms with E-state index in [1.807, 2.05) is 91.2 Å². The van der Waals surface area contributed by atoms with Gasteiger partial charge in [0.05, 0.1) is 24.6 Å². The van der Waals surface area contributed by atoms with Crippen LogP contribution in [-0.2, 0) is 11.3 Å². The minimum atomic E-state index is -0.456. The molecule has 4 aromatic carbocycles. The Kier molecular flexibility index (Phi) is 8.41. The van der Waals surface area contributed by atoms with Crippen LogP contribution in [0, 0.1) is 0 Å². The van der Waals surface area contributed by atoms with Gasteiger partial charge in [0.25, 0.3) is 5.91 Å². The summed E-state index contributed by atoms with van der Waals surface area (Å²) in [5, 5.41) is 19.1. The van der Waals surface area contributed by atoms with Gasteiger partial charge in [-0.1, -0.05) is 66.4 Å². The standard InChI is InChI=1S/C31H30N6O2S/c1-21(24-14-13-23-9-7-8-10-25(23)19-24)33-35-30(38)22(2)40-31-36-34-29(37(31)27-11-5-4-6-12-27)20-32-26-15-17-28(39-3)18-16-26/h4-19,22,32H,20H2,1-3H3,(H,35,38). The van der Waals surface area contributed by atoms with Crippen LogP contribution in [-0.4, -0.2) is 38.7 Å². The highest BCUT2D eigenvalue weighted by Gasteiger charge is 2.21. The summed E-state index contributed by atoms with van der Waals surface area (Å²) in [5.41, 5.74) is 6.26. The van der Waals surface area contributed by atoms with Crippen LogP contribution in [0.25, 0.3) is 16.5 Å². The number of carbonyl (C=O) groups is 1. The molecule has 0 spiro atoms. The molecule has 0 saturated heterocycles. The number of carbonyl (C=O) groups excluding carboxylic acids is 1. The molecule has 40 heavy (non-hydrogen) atoms. The average molecular weight is 551 g/mol.